The molecule has 1 aliphatic rings. The fraction of sp³-hybridized carbons (Fsp3) is 0.158. The van der Waals surface area contributed by atoms with Gasteiger partial charge in [0.15, 0.2) is 0 Å². The summed E-state index contributed by atoms with van der Waals surface area (Å²) in [5.41, 5.74) is 2.17. The topological polar surface area (TPSA) is 41.6 Å². The highest BCUT2D eigenvalue weighted by molar-refractivity contribution is 8.26. The molecular weight excluding hydrogens is 352 g/mol. The second kappa shape index (κ2) is 8.18. The Balaban J connectivity index is 1.59. The molecule has 1 amide bonds. The van der Waals surface area contributed by atoms with Gasteiger partial charge in [-0.05, 0) is 23.3 Å². The number of nitrogens with one attached hydrogen (secondary N) is 1. The average molecular weight is 370 g/mol. The van der Waals surface area contributed by atoms with E-state index in [2.05, 4.69) is 5.32 Å². The molecule has 1 aliphatic heterocycles. The molecule has 4 nitrogen and oxygen atoms in total. The molecule has 1 N–H and O–H groups in total. The summed E-state index contributed by atoms with van der Waals surface area (Å²) in [5.74, 6) is 0.770. The van der Waals surface area contributed by atoms with Crippen molar-refractivity contribution in [3.8, 4) is 5.75 Å². The Hall–Kier alpha value is -2.31. The van der Waals surface area contributed by atoms with Gasteiger partial charge in [-0.25, -0.2) is 0 Å². The smallest absolute Gasteiger partial charge is 0.267 e. The summed E-state index contributed by atoms with van der Waals surface area (Å²) < 4.78 is 5.73. The number of carbonyl (C=O) groups excluding carboxylic acids is 1. The van der Waals surface area contributed by atoms with Gasteiger partial charge in [0.2, 0.25) is 0 Å². The zero-order chi connectivity index (χ0) is 17.6. The van der Waals surface area contributed by atoms with E-state index in [1.165, 1.54) is 11.8 Å². The van der Waals surface area contributed by atoms with Crippen LogP contribution in [0.15, 0.2) is 65.7 Å². The highest BCUT2D eigenvalue weighted by atomic mass is 32.2. The molecule has 0 spiro atoms. The average Bonchev–Trinajstić information content (AvgIpc) is 2.91. The number of ether oxygens (including phenoxy) is 1. The first-order valence-electron chi connectivity index (χ1n) is 7.81. The molecule has 0 bridgehead atoms. The van der Waals surface area contributed by atoms with Crippen molar-refractivity contribution >= 4 is 34.2 Å². The Morgan fingerprint density at radius 1 is 1.12 bits per heavy atom. The lowest BCUT2D eigenvalue weighted by Gasteiger charge is -2.14. The first-order chi connectivity index (χ1) is 12.2. The minimum atomic E-state index is -0.0546. The lowest BCUT2D eigenvalue weighted by atomic mass is 10.2. The Kier molecular flexibility index (Phi) is 5.73. The van der Waals surface area contributed by atoms with Crippen molar-refractivity contribution in [3.63, 3.8) is 0 Å². The summed E-state index contributed by atoms with van der Waals surface area (Å²) in [6.07, 6.45) is 1.74. The number of rotatable bonds is 6. The summed E-state index contributed by atoms with van der Waals surface area (Å²) >= 11 is 6.68. The molecule has 1 heterocycles. The van der Waals surface area contributed by atoms with E-state index in [1.807, 2.05) is 54.6 Å². The van der Waals surface area contributed by atoms with E-state index < -0.39 is 0 Å². The second-order valence-corrected chi connectivity index (χ2v) is 7.16. The predicted molar refractivity (Wildman–Crippen MR) is 105 cm³/mol. The number of hydrogen-bond acceptors (Lipinski definition) is 5. The molecule has 0 aromatic heterocycles. The highest BCUT2D eigenvalue weighted by Gasteiger charge is 2.31. The van der Waals surface area contributed by atoms with Crippen LogP contribution in [0.4, 0.5) is 0 Å². The quantitative estimate of drug-likeness (QED) is 0.620. The molecule has 1 saturated heterocycles. The van der Waals surface area contributed by atoms with Crippen LogP contribution < -0.4 is 10.1 Å². The summed E-state index contributed by atoms with van der Waals surface area (Å²) in [4.78, 5) is 14.8. The Morgan fingerprint density at radius 3 is 2.52 bits per heavy atom. The van der Waals surface area contributed by atoms with Crippen molar-refractivity contribution in [2.75, 3.05) is 7.11 Å². The van der Waals surface area contributed by atoms with Crippen LogP contribution in [0.2, 0.25) is 0 Å². The molecule has 2 aromatic carbocycles. The van der Waals surface area contributed by atoms with Crippen molar-refractivity contribution < 1.29 is 9.53 Å². The maximum atomic E-state index is 12.5. The largest absolute Gasteiger partial charge is 0.497 e. The number of thioether (sulfide) groups is 1. The lowest BCUT2D eigenvalue weighted by molar-refractivity contribution is -0.122. The van der Waals surface area contributed by atoms with E-state index in [0.29, 0.717) is 22.3 Å². The summed E-state index contributed by atoms with van der Waals surface area (Å²) in [6, 6.07) is 17.6. The van der Waals surface area contributed by atoms with Crippen LogP contribution in [-0.2, 0) is 17.9 Å². The highest BCUT2D eigenvalue weighted by Crippen LogP contribution is 2.31. The van der Waals surface area contributed by atoms with Gasteiger partial charge >= 0.3 is 0 Å². The van der Waals surface area contributed by atoms with Gasteiger partial charge in [0.25, 0.3) is 5.91 Å². The van der Waals surface area contributed by atoms with E-state index >= 15 is 0 Å². The second-order valence-electron chi connectivity index (χ2n) is 5.48. The predicted octanol–water partition coefficient (Wildman–Crippen LogP) is 3.69. The van der Waals surface area contributed by atoms with Crippen molar-refractivity contribution in [1.29, 1.82) is 0 Å². The van der Waals surface area contributed by atoms with Gasteiger partial charge in [0, 0.05) is 12.7 Å². The summed E-state index contributed by atoms with van der Waals surface area (Å²) in [6.45, 7) is 1.13. The Labute approximate surface area is 156 Å². The zero-order valence-electron chi connectivity index (χ0n) is 13.8. The van der Waals surface area contributed by atoms with Crippen LogP contribution >= 0.6 is 24.0 Å². The molecule has 3 rings (SSSR count). The fourth-order valence-corrected chi connectivity index (χ4v) is 3.61. The van der Waals surface area contributed by atoms with Crippen LogP contribution in [0.5, 0.6) is 5.75 Å². The van der Waals surface area contributed by atoms with E-state index in [1.54, 1.807) is 18.2 Å². The van der Waals surface area contributed by atoms with Gasteiger partial charge in [-0.3, -0.25) is 9.69 Å². The van der Waals surface area contributed by atoms with Gasteiger partial charge in [-0.2, -0.15) is 0 Å². The van der Waals surface area contributed by atoms with Crippen molar-refractivity contribution in [1.82, 2.24) is 10.2 Å². The third-order valence-electron chi connectivity index (χ3n) is 3.76. The minimum Gasteiger partial charge on any atom is -0.497 e. The number of nitrogens with zero attached hydrogens (tertiary/aromatic N) is 1. The van der Waals surface area contributed by atoms with Crippen molar-refractivity contribution in [2.24, 2.45) is 0 Å². The summed E-state index contributed by atoms with van der Waals surface area (Å²) in [7, 11) is 1.64. The van der Waals surface area contributed by atoms with E-state index in [0.717, 1.165) is 16.9 Å². The third-order valence-corrected chi connectivity index (χ3v) is 5.13. The van der Waals surface area contributed by atoms with E-state index in [-0.39, 0.29) is 5.91 Å². The van der Waals surface area contributed by atoms with Crippen LogP contribution in [0, 0.1) is 0 Å². The number of benzene rings is 2. The molecule has 0 atom stereocenters. The third kappa shape index (κ3) is 4.41. The molecule has 1 fully saturated rings. The SMILES string of the molecule is COc1ccc(CN/C=C2\SC(=S)N(Cc3ccccc3)C2=O)cc1. The van der Waals surface area contributed by atoms with Crippen LogP contribution in [0.1, 0.15) is 11.1 Å². The van der Waals surface area contributed by atoms with Crippen LogP contribution in [0.25, 0.3) is 0 Å². The van der Waals surface area contributed by atoms with Gasteiger partial charge < -0.3 is 10.1 Å². The zero-order valence-corrected chi connectivity index (χ0v) is 15.4. The monoisotopic (exact) mass is 370 g/mol. The maximum absolute atomic E-state index is 12.5. The lowest BCUT2D eigenvalue weighted by Crippen LogP contribution is -2.27. The first-order valence-corrected chi connectivity index (χ1v) is 9.04. The maximum Gasteiger partial charge on any atom is 0.267 e. The van der Waals surface area contributed by atoms with E-state index in [4.69, 9.17) is 17.0 Å². The van der Waals surface area contributed by atoms with Gasteiger partial charge in [0.1, 0.15) is 10.1 Å². The fourth-order valence-electron chi connectivity index (χ4n) is 2.41. The Morgan fingerprint density at radius 2 is 1.84 bits per heavy atom. The molecule has 0 unspecified atom stereocenters. The van der Waals surface area contributed by atoms with Gasteiger partial charge in [0.05, 0.1) is 18.6 Å². The number of carbonyl (C=O) groups is 1. The summed E-state index contributed by atoms with van der Waals surface area (Å²) in [5, 5.41) is 3.19. The van der Waals surface area contributed by atoms with Gasteiger partial charge in [-0.1, -0.05) is 66.4 Å². The standard InChI is InChI=1S/C19H18N2O2S2/c1-23-16-9-7-14(8-10-16)11-20-12-17-18(22)21(19(24)25-17)13-15-5-3-2-4-6-15/h2-10,12,20H,11,13H2,1H3/b17-12-. The van der Waals surface area contributed by atoms with Crippen molar-refractivity contribution in [3.05, 3.63) is 76.8 Å². The normalized spacial score (nSPS) is 15.7. The molecular formula is C19H18N2O2S2. The number of amides is 1. The molecule has 0 radical (unpaired) electrons. The minimum absolute atomic E-state index is 0.0546. The molecule has 0 saturated carbocycles. The van der Waals surface area contributed by atoms with Crippen LogP contribution in [0.3, 0.4) is 0 Å². The molecule has 25 heavy (non-hydrogen) atoms. The molecule has 6 heteroatoms. The van der Waals surface area contributed by atoms with Crippen molar-refractivity contribution in [2.45, 2.75) is 13.1 Å². The molecule has 128 valence electrons. The number of methoxy groups -OCH3 is 1. The molecule has 0 aliphatic carbocycles. The van der Waals surface area contributed by atoms with Crippen LogP contribution in [-0.4, -0.2) is 22.2 Å². The Bertz CT molecular complexity index is 789. The molecule has 2 aromatic rings. The first kappa shape index (κ1) is 17.5. The number of thiocarbonyl (C=S) groups is 1. The van der Waals surface area contributed by atoms with Gasteiger partial charge in [-0.15, -0.1) is 0 Å². The number of hydrogen-bond donors (Lipinski definition) is 1. The van der Waals surface area contributed by atoms with E-state index in [9.17, 15) is 4.79 Å².